The van der Waals surface area contributed by atoms with Crippen LogP contribution in [0.15, 0.2) is 54.3 Å². The monoisotopic (exact) mass is 525 g/mol. The quantitative estimate of drug-likeness (QED) is 0.0827. The summed E-state index contributed by atoms with van der Waals surface area (Å²) < 4.78 is 0. The minimum atomic E-state index is -0.440. The number of fused-ring (bicyclic) bond motifs is 1. The number of nitrogens with one attached hydrogen (secondary N) is 2. The summed E-state index contributed by atoms with van der Waals surface area (Å²) in [4.78, 5) is 15.5. The molecule has 1 aromatic rings. The fourth-order valence-electron chi connectivity index (χ4n) is 4.09. The highest BCUT2D eigenvalue weighted by atomic mass is 16.5. The molecule has 0 spiro atoms. The number of hydrogen-bond donors (Lipinski definition) is 3. The normalized spacial score (nSPS) is 12.4. The molecule has 214 valence electrons. The van der Waals surface area contributed by atoms with Crippen molar-refractivity contribution in [3.8, 4) is 0 Å². The fourth-order valence-corrected chi connectivity index (χ4v) is 4.09. The lowest BCUT2D eigenvalue weighted by Crippen LogP contribution is -2.31. The Labute approximate surface area is 232 Å². The number of nitrogens with zero attached hydrogens (tertiary/aromatic N) is 1. The zero-order valence-electron chi connectivity index (χ0n) is 25.1. The molecule has 5 nitrogen and oxygen atoms in total. The lowest BCUT2D eigenvalue weighted by Gasteiger charge is -2.22. The van der Waals surface area contributed by atoms with Gasteiger partial charge in [0.1, 0.15) is 0 Å². The van der Waals surface area contributed by atoms with Gasteiger partial charge in [-0.1, -0.05) is 99.6 Å². The number of H-pyrrole nitrogens is 1. The predicted molar refractivity (Wildman–Crippen MR) is 166 cm³/mol. The Morgan fingerprint density at radius 1 is 1.11 bits per heavy atom. The molecule has 0 aromatic carbocycles. The largest absolute Gasteiger partial charge is 0.361 e. The third kappa shape index (κ3) is 18.6. The van der Waals surface area contributed by atoms with Gasteiger partial charge < -0.3 is 4.98 Å². The van der Waals surface area contributed by atoms with Crippen molar-refractivity contribution in [1.29, 1.82) is 0 Å². The molecule has 38 heavy (non-hydrogen) atoms. The number of allylic oxidation sites excluding steroid dienone is 6. The van der Waals surface area contributed by atoms with Gasteiger partial charge in [-0.25, -0.2) is 5.48 Å². The number of carbonyl (C=O) groups is 1. The fraction of sp³-hybridized carbons (Fsp3) is 0.545. The molecular weight excluding hydrogens is 470 g/mol. The molecular formula is C33H55N3O2. The first-order valence-corrected chi connectivity index (χ1v) is 14.3. The Bertz CT molecular complexity index is 982. The van der Waals surface area contributed by atoms with Crippen LogP contribution in [0.2, 0.25) is 0 Å². The summed E-state index contributed by atoms with van der Waals surface area (Å²) >= 11 is 0. The highest BCUT2D eigenvalue weighted by Gasteiger charge is 2.08. The zero-order chi connectivity index (χ0) is 28.6. The van der Waals surface area contributed by atoms with Gasteiger partial charge >= 0.3 is 0 Å². The Hall–Kier alpha value is -2.63. The molecule has 1 heterocycles. The number of aromatic nitrogens is 1. The van der Waals surface area contributed by atoms with Crippen molar-refractivity contribution in [2.45, 2.75) is 99.3 Å². The van der Waals surface area contributed by atoms with E-state index in [1.54, 1.807) is 0 Å². The molecule has 1 aromatic heterocycles. The van der Waals surface area contributed by atoms with E-state index in [2.05, 4.69) is 79.9 Å². The second-order valence-corrected chi connectivity index (χ2v) is 9.98. The molecule has 3 N–H and O–H groups in total. The van der Waals surface area contributed by atoms with Crippen LogP contribution in [0, 0.1) is 0 Å². The Balaban J connectivity index is 0.000000949. The molecule has 1 aliphatic rings. The molecule has 0 unspecified atom stereocenters. The number of hydrogen-bond acceptors (Lipinski definition) is 3. The van der Waals surface area contributed by atoms with Gasteiger partial charge in [0.15, 0.2) is 0 Å². The van der Waals surface area contributed by atoms with Crippen LogP contribution in [-0.4, -0.2) is 40.6 Å². The van der Waals surface area contributed by atoms with Gasteiger partial charge in [0, 0.05) is 31.6 Å². The van der Waals surface area contributed by atoms with E-state index in [4.69, 9.17) is 5.21 Å². The molecule has 1 aliphatic carbocycles. The third-order valence-corrected chi connectivity index (χ3v) is 6.21. The molecule has 0 fully saturated rings. The van der Waals surface area contributed by atoms with Crippen molar-refractivity contribution in [1.82, 2.24) is 15.4 Å². The number of carbonyl (C=O) groups excluding carboxylic acids is 1. The van der Waals surface area contributed by atoms with Crippen molar-refractivity contribution in [2.75, 3.05) is 19.6 Å². The lowest BCUT2D eigenvalue weighted by atomic mass is 10.1. The summed E-state index contributed by atoms with van der Waals surface area (Å²) in [5.41, 5.74) is 5.43. The van der Waals surface area contributed by atoms with Gasteiger partial charge in [-0.2, -0.15) is 0 Å². The topological polar surface area (TPSA) is 68.4 Å². The molecule has 0 saturated heterocycles. The summed E-state index contributed by atoms with van der Waals surface area (Å²) in [5, 5.41) is 10.2. The summed E-state index contributed by atoms with van der Waals surface area (Å²) in [6, 6.07) is 0. The van der Waals surface area contributed by atoms with E-state index >= 15 is 0 Å². The Kier molecular flexibility index (Phi) is 21.9. The van der Waals surface area contributed by atoms with E-state index in [9.17, 15) is 4.79 Å². The molecule has 0 aliphatic heterocycles. The first-order chi connectivity index (χ1) is 18.3. The first-order valence-electron chi connectivity index (χ1n) is 14.3. The molecule has 0 saturated carbocycles. The average molecular weight is 526 g/mol. The van der Waals surface area contributed by atoms with Crippen LogP contribution < -0.4 is 16.0 Å². The number of aromatic amines is 1. The second-order valence-electron chi connectivity index (χ2n) is 9.98. The maximum Gasteiger partial charge on any atom is 0.240 e. The average Bonchev–Trinajstić information content (AvgIpc) is 3.12. The van der Waals surface area contributed by atoms with E-state index < -0.39 is 5.91 Å². The maximum atomic E-state index is 9.45. The van der Waals surface area contributed by atoms with E-state index in [0.29, 0.717) is 0 Å². The standard InChI is InChI=1S/C24H38N2.C7H12.C2H5NO2/c1-4-5-6-7-8-9-13-17-26(20-21(2)3)18-16-22-19-25-24-15-12-10-11-14-23(22)24;1-4-6-7(3)5-2;1-2(4)3-5/h10,12,14-15,19,25H,2,4-9,11,13,16-18,20H2,1,3H3;4-6H,1-3H3;5H,1H3,(H,3,4)/b;6-4+,7-5+;. The van der Waals surface area contributed by atoms with Crippen molar-refractivity contribution in [2.24, 2.45) is 0 Å². The van der Waals surface area contributed by atoms with Crippen molar-refractivity contribution >= 4 is 18.1 Å². The number of hydroxylamine groups is 1. The SMILES string of the molecule is C/C=C/C(C)=C/C.C=C(C)CN(CCCCCCCCC)CCc1c[nH]c2c1=CCC=CC=2.CC(=O)NO. The highest BCUT2D eigenvalue weighted by molar-refractivity contribution is 5.71. The van der Waals surface area contributed by atoms with Crippen molar-refractivity contribution in [3.63, 3.8) is 0 Å². The second kappa shape index (κ2) is 23.5. The molecule has 1 amide bonds. The molecule has 0 atom stereocenters. The van der Waals surface area contributed by atoms with Gasteiger partial charge in [-0.15, -0.1) is 0 Å². The number of rotatable bonds is 14. The Morgan fingerprint density at radius 3 is 2.32 bits per heavy atom. The molecule has 2 rings (SSSR count). The van der Waals surface area contributed by atoms with Crippen LogP contribution in [0.1, 0.15) is 98.5 Å². The molecule has 0 radical (unpaired) electrons. The zero-order valence-corrected chi connectivity index (χ0v) is 25.1. The van der Waals surface area contributed by atoms with Crippen LogP contribution >= 0.6 is 0 Å². The van der Waals surface area contributed by atoms with Crippen LogP contribution in [0.5, 0.6) is 0 Å². The predicted octanol–water partition coefficient (Wildman–Crippen LogP) is 6.75. The van der Waals surface area contributed by atoms with Gasteiger partial charge in [0.05, 0.1) is 0 Å². The number of unbranched alkanes of at least 4 members (excludes halogenated alkanes) is 6. The van der Waals surface area contributed by atoms with Gasteiger partial charge in [-0.3, -0.25) is 14.9 Å². The first kappa shape index (κ1) is 35.4. The van der Waals surface area contributed by atoms with Gasteiger partial charge in [0.2, 0.25) is 5.91 Å². The van der Waals surface area contributed by atoms with Crippen LogP contribution in [0.25, 0.3) is 12.2 Å². The van der Waals surface area contributed by atoms with Crippen molar-refractivity contribution in [3.05, 3.63) is 70.4 Å². The Morgan fingerprint density at radius 2 is 1.76 bits per heavy atom. The van der Waals surface area contributed by atoms with Crippen LogP contribution in [0.3, 0.4) is 0 Å². The minimum Gasteiger partial charge on any atom is -0.361 e. The molecule has 0 bridgehead atoms. The van der Waals surface area contributed by atoms with Gasteiger partial charge in [0.25, 0.3) is 0 Å². The summed E-state index contributed by atoms with van der Waals surface area (Å²) in [5.74, 6) is -0.440. The van der Waals surface area contributed by atoms with Crippen LogP contribution in [-0.2, 0) is 11.2 Å². The van der Waals surface area contributed by atoms with Gasteiger partial charge in [-0.05, 0) is 70.4 Å². The summed E-state index contributed by atoms with van der Waals surface area (Å²) in [7, 11) is 0. The summed E-state index contributed by atoms with van der Waals surface area (Å²) in [6.45, 7) is 19.3. The number of amides is 1. The minimum absolute atomic E-state index is 0.440. The third-order valence-electron chi connectivity index (χ3n) is 6.21. The summed E-state index contributed by atoms with van der Waals surface area (Å²) in [6.07, 6.45) is 29.1. The van der Waals surface area contributed by atoms with Crippen LogP contribution in [0.4, 0.5) is 0 Å². The smallest absolute Gasteiger partial charge is 0.240 e. The molecule has 5 heteroatoms. The maximum absolute atomic E-state index is 9.45. The van der Waals surface area contributed by atoms with E-state index in [1.165, 1.54) is 91.2 Å². The van der Waals surface area contributed by atoms with E-state index in [-0.39, 0.29) is 0 Å². The van der Waals surface area contributed by atoms with Crippen molar-refractivity contribution < 1.29 is 10.0 Å². The lowest BCUT2D eigenvalue weighted by molar-refractivity contribution is -0.126. The van der Waals surface area contributed by atoms with E-state index in [1.807, 2.05) is 19.9 Å². The highest BCUT2D eigenvalue weighted by Crippen LogP contribution is 2.09. The van der Waals surface area contributed by atoms with E-state index in [0.717, 1.165) is 25.9 Å².